The van der Waals surface area contributed by atoms with Crippen molar-refractivity contribution in [2.24, 2.45) is 11.7 Å². The molecule has 3 aliphatic heterocycles. The van der Waals surface area contributed by atoms with Crippen molar-refractivity contribution in [1.29, 1.82) is 0 Å². The lowest BCUT2D eigenvalue weighted by molar-refractivity contribution is -0.123. The largest absolute Gasteiger partial charge is 0.454 e. The zero-order valence-electron chi connectivity index (χ0n) is 21.1. The van der Waals surface area contributed by atoms with Gasteiger partial charge in [-0.15, -0.1) is 0 Å². The zero-order valence-corrected chi connectivity index (χ0v) is 22.7. The Morgan fingerprint density at radius 1 is 1.18 bits per heavy atom. The van der Waals surface area contributed by atoms with Crippen LogP contribution >= 0.6 is 24.0 Å². The van der Waals surface area contributed by atoms with Crippen molar-refractivity contribution < 1.29 is 19.1 Å². The molecule has 2 saturated heterocycles. The molecule has 0 radical (unpaired) electrons. The van der Waals surface area contributed by atoms with E-state index in [-0.39, 0.29) is 36.6 Å². The standard InChI is InChI=1S/C27H25N5O5S2/c1-15-2-5-22-29-24(30-8-6-17(7-9-30)23(28)33)18(25(34)31(22)12-15)11-21-26(35)32(27(38)39-21)13-16-3-4-19-20(10-16)37-14-36-19/h2-5,10-12,17H,6-9,13-14H2,1H3,(H2,28,33). The molecule has 0 aliphatic carbocycles. The van der Waals surface area contributed by atoms with Crippen LogP contribution in [0.4, 0.5) is 5.82 Å². The molecule has 2 N–H and O–H groups in total. The normalized spacial score (nSPS) is 18.5. The van der Waals surface area contributed by atoms with E-state index in [0.717, 1.165) is 22.9 Å². The number of carbonyl (C=O) groups excluding carboxylic acids is 2. The van der Waals surface area contributed by atoms with Gasteiger partial charge in [0.1, 0.15) is 15.8 Å². The zero-order chi connectivity index (χ0) is 27.3. The van der Waals surface area contributed by atoms with E-state index in [4.69, 9.17) is 32.4 Å². The number of hydrogen-bond donors (Lipinski definition) is 1. The second kappa shape index (κ2) is 10.0. The van der Waals surface area contributed by atoms with Crippen LogP contribution in [0, 0.1) is 12.8 Å². The number of amides is 2. The minimum atomic E-state index is -0.317. The second-order valence-electron chi connectivity index (χ2n) is 9.71. The van der Waals surface area contributed by atoms with Crippen LogP contribution in [0.3, 0.4) is 0 Å². The fraction of sp³-hybridized carbons (Fsp3) is 0.296. The Balaban J connectivity index is 1.36. The van der Waals surface area contributed by atoms with Crippen LogP contribution in [-0.4, -0.2) is 50.3 Å². The van der Waals surface area contributed by atoms with Gasteiger partial charge in [-0.3, -0.25) is 23.7 Å². The van der Waals surface area contributed by atoms with Gasteiger partial charge in [-0.05, 0) is 55.2 Å². The summed E-state index contributed by atoms with van der Waals surface area (Å²) in [7, 11) is 0. The number of aromatic nitrogens is 2. The highest BCUT2D eigenvalue weighted by atomic mass is 32.2. The maximum absolute atomic E-state index is 13.8. The first kappa shape index (κ1) is 25.4. The van der Waals surface area contributed by atoms with Gasteiger partial charge < -0.3 is 20.1 Å². The van der Waals surface area contributed by atoms with Crippen molar-refractivity contribution in [2.45, 2.75) is 26.3 Å². The van der Waals surface area contributed by atoms with Crippen molar-refractivity contribution in [3.63, 3.8) is 0 Å². The van der Waals surface area contributed by atoms with Gasteiger partial charge in [0.05, 0.1) is 17.0 Å². The molecule has 2 fully saturated rings. The average molecular weight is 564 g/mol. The Kier molecular flexibility index (Phi) is 6.51. The summed E-state index contributed by atoms with van der Waals surface area (Å²) in [4.78, 5) is 47.6. The van der Waals surface area contributed by atoms with Crippen molar-refractivity contribution in [3.8, 4) is 11.5 Å². The molecule has 3 aliphatic rings. The predicted molar refractivity (Wildman–Crippen MR) is 152 cm³/mol. The number of rotatable bonds is 5. The first-order valence-electron chi connectivity index (χ1n) is 12.5. The maximum atomic E-state index is 13.8. The quantitative estimate of drug-likeness (QED) is 0.369. The fourth-order valence-electron chi connectivity index (χ4n) is 4.98. The molecule has 2 amide bonds. The highest BCUT2D eigenvalue weighted by molar-refractivity contribution is 8.26. The number of nitrogens with two attached hydrogens (primary N) is 1. The molecule has 10 nitrogen and oxygen atoms in total. The van der Waals surface area contributed by atoms with E-state index >= 15 is 0 Å². The summed E-state index contributed by atoms with van der Waals surface area (Å²) >= 11 is 6.71. The number of anilines is 1. The third-order valence-corrected chi connectivity index (χ3v) is 8.49. The number of thioether (sulfide) groups is 1. The van der Waals surface area contributed by atoms with Gasteiger partial charge in [0, 0.05) is 25.2 Å². The molecule has 0 atom stereocenters. The molecule has 0 bridgehead atoms. The molecule has 0 spiro atoms. The molecule has 3 aromatic rings. The van der Waals surface area contributed by atoms with Gasteiger partial charge in [-0.1, -0.05) is 36.1 Å². The summed E-state index contributed by atoms with van der Waals surface area (Å²) in [5.41, 5.74) is 7.80. The van der Waals surface area contributed by atoms with Crippen LogP contribution < -0.4 is 25.7 Å². The number of hydrogen-bond acceptors (Lipinski definition) is 9. The summed E-state index contributed by atoms with van der Waals surface area (Å²) in [6.45, 7) is 3.37. The van der Waals surface area contributed by atoms with Gasteiger partial charge in [-0.2, -0.15) is 0 Å². The van der Waals surface area contributed by atoms with Crippen molar-refractivity contribution in [1.82, 2.24) is 14.3 Å². The number of piperidine rings is 1. The lowest BCUT2D eigenvalue weighted by Gasteiger charge is -2.32. The molecule has 2 aromatic heterocycles. The van der Waals surface area contributed by atoms with E-state index in [1.807, 2.05) is 36.1 Å². The minimum Gasteiger partial charge on any atom is -0.454 e. The van der Waals surface area contributed by atoms with E-state index in [9.17, 15) is 14.4 Å². The smallest absolute Gasteiger partial charge is 0.267 e. The number of pyridine rings is 1. The average Bonchev–Trinajstić information content (AvgIpc) is 3.50. The van der Waals surface area contributed by atoms with Gasteiger partial charge >= 0.3 is 0 Å². The Hall–Kier alpha value is -3.90. The summed E-state index contributed by atoms with van der Waals surface area (Å²) in [5.74, 6) is 0.965. The molecule has 200 valence electrons. The van der Waals surface area contributed by atoms with E-state index in [1.165, 1.54) is 9.30 Å². The summed E-state index contributed by atoms with van der Waals surface area (Å²) in [5, 5.41) is 0. The SMILES string of the molecule is Cc1ccc2nc(N3CCC(C(N)=O)CC3)c(C=C3SC(=S)N(Cc4ccc5c(c4)OCO5)C3=O)c(=O)n2c1. The Morgan fingerprint density at radius 2 is 1.95 bits per heavy atom. The Labute approximate surface area is 233 Å². The third kappa shape index (κ3) is 4.74. The molecule has 0 unspecified atom stereocenters. The highest BCUT2D eigenvalue weighted by Gasteiger charge is 2.34. The summed E-state index contributed by atoms with van der Waals surface area (Å²) in [6.07, 6.45) is 4.47. The first-order valence-corrected chi connectivity index (χ1v) is 13.7. The monoisotopic (exact) mass is 563 g/mol. The number of ether oxygens (including phenoxy) is 2. The van der Waals surface area contributed by atoms with Gasteiger partial charge in [0.2, 0.25) is 12.7 Å². The molecule has 6 rings (SSSR count). The predicted octanol–water partition coefficient (Wildman–Crippen LogP) is 2.83. The number of nitrogens with zero attached hydrogens (tertiary/aromatic N) is 4. The van der Waals surface area contributed by atoms with E-state index < -0.39 is 0 Å². The van der Waals surface area contributed by atoms with E-state index in [1.54, 1.807) is 18.3 Å². The van der Waals surface area contributed by atoms with Crippen molar-refractivity contribution >= 4 is 57.7 Å². The maximum Gasteiger partial charge on any atom is 0.267 e. The number of primary amides is 1. The van der Waals surface area contributed by atoms with E-state index in [2.05, 4.69) is 0 Å². The highest BCUT2D eigenvalue weighted by Crippen LogP contribution is 2.37. The number of carbonyl (C=O) groups is 2. The van der Waals surface area contributed by atoms with Crippen LogP contribution in [0.15, 0.2) is 46.2 Å². The van der Waals surface area contributed by atoms with Crippen molar-refractivity contribution in [3.05, 3.63) is 68.5 Å². The Morgan fingerprint density at radius 3 is 2.72 bits per heavy atom. The van der Waals surface area contributed by atoms with Crippen molar-refractivity contribution in [2.75, 3.05) is 24.8 Å². The number of fused-ring (bicyclic) bond motifs is 2. The Bertz CT molecular complexity index is 1630. The minimum absolute atomic E-state index is 0.167. The summed E-state index contributed by atoms with van der Waals surface area (Å²) in [6, 6.07) is 9.20. The van der Waals surface area contributed by atoms with Crippen LogP contribution in [0.2, 0.25) is 0 Å². The third-order valence-electron chi connectivity index (χ3n) is 7.11. The first-order chi connectivity index (χ1) is 18.8. The molecule has 1 aromatic carbocycles. The van der Waals surface area contributed by atoms with Gasteiger partial charge in [0.15, 0.2) is 11.5 Å². The second-order valence-corrected chi connectivity index (χ2v) is 11.4. The number of aryl methyl sites for hydroxylation is 1. The van der Waals surface area contributed by atoms with Crippen LogP contribution in [0.5, 0.6) is 11.5 Å². The number of benzene rings is 1. The molecular formula is C27H25N5O5S2. The molecular weight excluding hydrogens is 538 g/mol. The van der Waals surface area contributed by atoms with Crippen LogP contribution in [0.25, 0.3) is 11.7 Å². The molecule has 5 heterocycles. The topological polar surface area (TPSA) is 119 Å². The summed E-state index contributed by atoms with van der Waals surface area (Å²) < 4.78 is 12.7. The van der Waals surface area contributed by atoms with Gasteiger partial charge in [0.25, 0.3) is 11.5 Å². The molecule has 12 heteroatoms. The van der Waals surface area contributed by atoms with E-state index in [0.29, 0.717) is 63.7 Å². The van der Waals surface area contributed by atoms with Crippen LogP contribution in [0.1, 0.15) is 29.5 Å². The molecule has 39 heavy (non-hydrogen) atoms. The fourth-order valence-corrected chi connectivity index (χ4v) is 6.22. The molecule has 0 saturated carbocycles. The van der Waals surface area contributed by atoms with Gasteiger partial charge in [-0.25, -0.2) is 4.98 Å². The van der Waals surface area contributed by atoms with Crippen LogP contribution in [-0.2, 0) is 16.1 Å². The lowest BCUT2D eigenvalue weighted by Crippen LogP contribution is -2.40. The number of thiocarbonyl (C=S) groups is 1. The lowest BCUT2D eigenvalue weighted by atomic mass is 9.96.